The van der Waals surface area contributed by atoms with E-state index in [1.54, 1.807) is 0 Å². The molecule has 1 rings (SSSR count). The molecule has 0 spiro atoms. The van der Waals surface area contributed by atoms with Crippen LogP contribution in [0.15, 0.2) is 30.3 Å². The molecule has 2 nitrogen and oxygen atoms in total. The Hall–Kier alpha value is -1.31. The highest BCUT2D eigenvalue weighted by Crippen LogP contribution is 2.15. The second kappa shape index (κ2) is 9.59. The Balaban J connectivity index is 2.39. The van der Waals surface area contributed by atoms with Crippen molar-refractivity contribution in [1.82, 2.24) is 4.90 Å². The van der Waals surface area contributed by atoms with E-state index in [1.165, 1.54) is 5.56 Å². The quantitative estimate of drug-likeness (QED) is 0.597. The van der Waals surface area contributed by atoms with E-state index in [0.29, 0.717) is 24.4 Å². The molecule has 0 heterocycles. The highest BCUT2D eigenvalue weighted by atomic mass is 16.2. The number of carbonyl (C=O) groups excluding carboxylic acids is 1. The predicted octanol–water partition coefficient (Wildman–Crippen LogP) is 4.83. The Morgan fingerprint density at radius 1 is 1.00 bits per heavy atom. The van der Waals surface area contributed by atoms with Crippen LogP contribution in [-0.4, -0.2) is 22.9 Å². The van der Waals surface area contributed by atoms with E-state index in [9.17, 15) is 4.79 Å². The van der Waals surface area contributed by atoms with Crippen molar-refractivity contribution < 1.29 is 4.79 Å². The maximum atomic E-state index is 12.5. The van der Waals surface area contributed by atoms with Gasteiger partial charge in [0.25, 0.3) is 0 Å². The van der Waals surface area contributed by atoms with Gasteiger partial charge in [0, 0.05) is 18.5 Å². The van der Waals surface area contributed by atoms with E-state index in [4.69, 9.17) is 0 Å². The summed E-state index contributed by atoms with van der Waals surface area (Å²) in [6, 6.07) is 11.2. The zero-order chi connectivity index (χ0) is 15.7. The van der Waals surface area contributed by atoms with Crippen molar-refractivity contribution in [3.8, 4) is 0 Å². The largest absolute Gasteiger partial charge is 0.337 e. The molecule has 1 amide bonds. The van der Waals surface area contributed by atoms with Gasteiger partial charge >= 0.3 is 0 Å². The molecule has 0 radical (unpaired) electrons. The lowest BCUT2D eigenvalue weighted by Crippen LogP contribution is -2.44. The molecule has 0 aromatic heterocycles. The van der Waals surface area contributed by atoms with Gasteiger partial charge < -0.3 is 4.90 Å². The first-order chi connectivity index (χ1) is 10.1. The molecule has 2 atom stereocenters. The highest BCUT2D eigenvalue weighted by molar-refractivity contribution is 5.76. The van der Waals surface area contributed by atoms with Crippen LogP contribution in [0.3, 0.4) is 0 Å². The van der Waals surface area contributed by atoms with E-state index < -0.39 is 0 Å². The minimum absolute atomic E-state index is 0.326. The van der Waals surface area contributed by atoms with Crippen molar-refractivity contribution in [2.24, 2.45) is 0 Å². The normalized spacial score (nSPS) is 13.7. The molecule has 2 unspecified atom stereocenters. The molecule has 0 aliphatic rings. The summed E-state index contributed by atoms with van der Waals surface area (Å²) in [5.74, 6) is 0.326. The van der Waals surface area contributed by atoms with Crippen molar-refractivity contribution in [2.75, 3.05) is 0 Å². The average molecular weight is 289 g/mol. The van der Waals surface area contributed by atoms with Crippen molar-refractivity contribution in [1.29, 1.82) is 0 Å². The standard InChI is InChI=1S/C19H31NO/c1-5-16(3)20(17(4)6-2)19(21)15-11-10-14-18-12-8-7-9-13-18/h7-9,12-13,16-17H,5-6,10-11,14-15H2,1-4H3. The van der Waals surface area contributed by atoms with Gasteiger partial charge in [0.1, 0.15) is 0 Å². The molecule has 0 saturated carbocycles. The summed E-state index contributed by atoms with van der Waals surface area (Å²) in [7, 11) is 0. The fraction of sp³-hybridized carbons (Fsp3) is 0.632. The second-order valence-electron chi connectivity index (χ2n) is 6.01. The van der Waals surface area contributed by atoms with E-state index in [-0.39, 0.29) is 0 Å². The van der Waals surface area contributed by atoms with Crippen molar-refractivity contribution >= 4 is 5.91 Å². The molecular formula is C19H31NO. The maximum Gasteiger partial charge on any atom is 0.223 e. The first-order valence-electron chi connectivity index (χ1n) is 8.45. The maximum absolute atomic E-state index is 12.5. The van der Waals surface area contributed by atoms with Crippen molar-refractivity contribution in [2.45, 2.75) is 78.3 Å². The second-order valence-corrected chi connectivity index (χ2v) is 6.01. The summed E-state index contributed by atoms with van der Waals surface area (Å²) in [4.78, 5) is 14.6. The minimum Gasteiger partial charge on any atom is -0.337 e. The number of hydrogen-bond donors (Lipinski definition) is 0. The van der Waals surface area contributed by atoms with Crippen LogP contribution in [0.2, 0.25) is 0 Å². The molecule has 0 N–H and O–H groups in total. The fourth-order valence-electron chi connectivity index (χ4n) is 2.70. The van der Waals surface area contributed by atoms with Gasteiger partial charge in [-0.3, -0.25) is 4.79 Å². The molecule has 2 heteroatoms. The third-order valence-electron chi connectivity index (χ3n) is 4.37. The smallest absolute Gasteiger partial charge is 0.223 e. The van der Waals surface area contributed by atoms with Crippen LogP contribution in [0.4, 0.5) is 0 Å². The SMILES string of the molecule is CCC(C)N(C(=O)CCCCc1ccccc1)C(C)CC. The lowest BCUT2D eigenvalue weighted by Gasteiger charge is -2.34. The van der Waals surface area contributed by atoms with Gasteiger partial charge in [0.15, 0.2) is 0 Å². The molecule has 21 heavy (non-hydrogen) atoms. The third-order valence-corrected chi connectivity index (χ3v) is 4.37. The summed E-state index contributed by atoms with van der Waals surface area (Å²) >= 11 is 0. The van der Waals surface area contributed by atoms with Crippen LogP contribution >= 0.6 is 0 Å². The van der Waals surface area contributed by atoms with Gasteiger partial charge in [0.2, 0.25) is 5.91 Å². The summed E-state index contributed by atoms with van der Waals surface area (Å²) < 4.78 is 0. The number of rotatable bonds is 9. The summed E-state index contributed by atoms with van der Waals surface area (Å²) in [5, 5.41) is 0. The van der Waals surface area contributed by atoms with E-state index >= 15 is 0 Å². The van der Waals surface area contributed by atoms with Gasteiger partial charge in [-0.15, -0.1) is 0 Å². The molecular weight excluding hydrogens is 258 g/mol. The van der Waals surface area contributed by atoms with Crippen molar-refractivity contribution in [3.05, 3.63) is 35.9 Å². The Bertz CT molecular complexity index is 391. The van der Waals surface area contributed by atoms with Crippen LogP contribution in [0.5, 0.6) is 0 Å². The Kier molecular flexibility index (Phi) is 8.11. The number of hydrogen-bond acceptors (Lipinski definition) is 1. The lowest BCUT2D eigenvalue weighted by atomic mass is 10.0. The summed E-state index contributed by atoms with van der Waals surface area (Å²) in [6.07, 6.45) is 5.88. The Morgan fingerprint density at radius 3 is 2.10 bits per heavy atom. The number of aryl methyl sites for hydroxylation is 1. The molecule has 1 aromatic carbocycles. The lowest BCUT2D eigenvalue weighted by molar-refractivity contribution is -0.135. The van der Waals surface area contributed by atoms with Crippen LogP contribution in [0.1, 0.15) is 65.4 Å². The van der Waals surface area contributed by atoms with Crippen LogP contribution in [0, 0.1) is 0 Å². The molecule has 1 aromatic rings. The predicted molar refractivity (Wildman–Crippen MR) is 90.3 cm³/mol. The van der Waals surface area contributed by atoms with E-state index in [1.807, 2.05) is 6.07 Å². The Labute approximate surface area is 130 Å². The zero-order valence-corrected chi connectivity index (χ0v) is 14.1. The van der Waals surface area contributed by atoms with Gasteiger partial charge in [0.05, 0.1) is 0 Å². The number of nitrogens with zero attached hydrogens (tertiary/aromatic N) is 1. The minimum atomic E-state index is 0.326. The number of amides is 1. The van der Waals surface area contributed by atoms with Crippen LogP contribution in [-0.2, 0) is 11.2 Å². The van der Waals surface area contributed by atoms with E-state index in [0.717, 1.165) is 32.1 Å². The summed E-state index contributed by atoms with van der Waals surface area (Å²) in [5.41, 5.74) is 1.37. The van der Waals surface area contributed by atoms with E-state index in [2.05, 4.69) is 56.9 Å². The van der Waals surface area contributed by atoms with Gasteiger partial charge in [-0.25, -0.2) is 0 Å². The molecule has 118 valence electrons. The zero-order valence-electron chi connectivity index (χ0n) is 14.1. The number of carbonyl (C=O) groups is 1. The molecule has 0 bridgehead atoms. The number of unbranched alkanes of at least 4 members (excludes halogenated alkanes) is 1. The first kappa shape index (κ1) is 17.7. The average Bonchev–Trinajstić information content (AvgIpc) is 2.52. The third kappa shape index (κ3) is 5.91. The first-order valence-corrected chi connectivity index (χ1v) is 8.45. The number of benzene rings is 1. The van der Waals surface area contributed by atoms with Crippen LogP contribution < -0.4 is 0 Å². The highest BCUT2D eigenvalue weighted by Gasteiger charge is 2.22. The molecule has 0 aliphatic carbocycles. The molecule has 0 aliphatic heterocycles. The molecule has 0 fully saturated rings. The fourth-order valence-corrected chi connectivity index (χ4v) is 2.70. The summed E-state index contributed by atoms with van der Waals surface area (Å²) in [6.45, 7) is 8.63. The van der Waals surface area contributed by atoms with Crippen molar-refractivity contribution in [3.63, 3.8) is 0 Å². The topological polar surface area (TPSA) is 20.3 Å². The Morgan fingerprint density at radius 2 is 1.57 bits per heavy atom. The van der Waals surface area contributed by atoms with Gasteiger partial charge in [-0.2, -0.15) is 0 Å². The van der Waals surface area contributed by atoms with Gasteiger partial charge in [-0.1, -0.05) is 44.2 Å². The monoisotopic (exact) mass is 289 g/mol. The van der Waals surface area contributed by atoms with Gasteiger partial charge in [-0.05, 0) is 51.5 Å². The van der Waals surface area contributed by atoms with Crippen LogP contribution in [0.25, 0.3) is 0 Å². The molecule has 0 saturated heterocycles.